The predicted molar refractivity (Wildman–Crippen MR) is 139 cm³/mol. The van der Waals surface area contributed by atoms with Gasteiger partial charge in [-0.25, -0.2) is 23.4 Å². The topological polar surface area (TPSA) is 118 Å². The van der Waals surface area contributed by atoms with Gasteiger partial charge in [-0.3, -0.25) is 4.90 Å². The van der Waals surface area contributed by atoms with E-state index in [0.717, 1.165) is 35.0 Å². The van der Waals surface area contributed by atoms with Crippen LogP contribution in [0.5, 0.6) is 0 Å². The quantitative estimate of drug-likeness (QED) is 0.444. The van der Waals surface area contributed by atoms with E-state index >= 15 is 0 Å². The molecule has 36 heavy (non-hydrogen) atoms. The highest BCUT2D eigenvalue weighted by atomic mass is 32.2. The largest absolute Gasteiger partial charge is 0.382 e. The van der Waals surface area contributed by atoms with Gasteiger partial charge in [-0.1, -0.05) is 11.8 Å². The lowest BCUT2D eigenvalue weighted by molar-refractivity contribution is 0.383. The lowest BCUT2D eigenvalue weighted by Gasteiger charge is -2.14. The van der Waals surface area contributed by atoms with Crippen LogP contribution in [0.3, 0.4) is 0 Å². The van der Waals surface area contributed by atoms with Gasteiger partial charge in [0.25, 0.3) is 10.0 Å². The van der Waals surface area contributed by atoms with Crippen molar-refractivity contribution in [1.29, 1.82) is 0 Å². The van der Waals surface area contributed by atoms with Crippen molar-refractivity contribution in [1.82, 2.24) is 29.0 Å². The molecule has 3 aromatic heterocycles. The minimum Gasteiger partial charge on any atom is -0.382 e. The van der Waals surface area contributed by atoms with Crippen LogP contribution in [0.15, 0.2) is 36.9 Å². The van der Waals surface area contributed by atoms with Crippen LogP contribution in [0.25, 0.3) is 11.4 Å². The molecule has 188 valence electrons. The fourth-order valence-corrected chi connectivity index (χ4v) is 5.49. The molecule has 0 aromatic carbocycles. The fourth-order valence-electron chi connectivity index (χ4n) is 4.02. The van der Waals surface area contributed by atoms with E-state index in [1.165, 1.54) is 25.2 Å². The Balaban J connectivity index is 1.33. The third-order valence-corrected chi connectivity index (χ3v) is 8.04. The Labute approximate surface area is 211 Å². The van der Waals surface area contributed by atoms with Crippen molar-refractivity contribution in [3.05, 3.63) is 42.5 Å². The minimum atomic E-state index is -3.44. The summed E-state index contributed by atoms with van der Waals surface area (Å²) in [6.45, 7) is 7.16. The maximum absolute atomic E-state index is 12.4. The Kier molecular flexibility index (Phi) is 6.89. The van der Waals surface area contributed by atoms with E-state index in [9.17, 15) is 8.42 Å². The van der Waals surface area contributed by atoms with Crippen molar-refractivity contribution in [3.63, 3.8) is 0 Å². The molecule has 0 amide bonds. The number of aromatic nitrogens is 5. The summed E-state index contributed by atoms with van der Waals surface area (Å²) in [5.74, 6) is 8.07. The van der Waals surface area contributed by atoms with Crippen LogP contribution >= 0.6 is 0 Å². The van der Waals surface area contributed by atoms with E-state index in [0.29, 0.717) is 35.9 Å². The third kappa shape index (κ3) is 5.66. The minimum absolute atomic E-state index is 0.230. The summed E-state index contributed by atoms with van der Waals surface area (Å²) in [5, 5.41) is 10.4. The van der Waals surface area contributed by atoms with E-state index in [4.69, 9.17) is 0 Å². The predicted octanol–water partition coefficient (Wildman–Crippen LogP) is 3.09. The Hall–Kier alpha value is -3.49. The number of nitrogens with zero attached hydrogens (tertiary/aromatic N) is 6. The van der Waals surface area contributed by atoms with Crippen LogP contribution < -0.4 is 10.6 Å². The molecule has 0 spiro atoms. The van der Waals surface area contributed by atoms with Crippen LogP contribution in [-0.2, 0) is 10.0 Å². The molecule has 1 saturated carbocycles. The van der Waals surface area contributed by atoms with Crippen molar-refractivity contribution in [2.24, 2.45) is 0 Å². The summed E-state index contributed by atoms with van der Waals surface area (Å²) in [7, 11) is -3.44. The average molecular weight is 507 g/mol. The van der Waals surface area contributed by atoms with E-state index in [1.54, 1.807) is 18.5 Å². The average Bonchev–Trinajstić information content (AvgIpc) is 3.36. The number of likely N-dealkylation sites (tertiary alicyclic amines) is 1. The Morgan fingerprint density at radius 2 is 1.94 bits per heavy atom. The first-order chi connectivity index (χ1) is 17.4. The third-order valence-electron chi connectivity index (χ3n) is 6.01. The van der Waals surface area contributed by atoms with Crippen molar-refractivity contribution < 1.29 is 8.42 Å². The van der Waals surface area contributed by atoms with Gasteiger partial charge >= 0.3 is 0 Å². The second-order valence-electron chi connectivity index (χ2n) is 9.44. The Morgan fingerprint density at radius 3 is 2.69 bits per heavy atom. The molecule has 3 aromatic rings. The molecule has 2 aliphatic rings. The number of hydrogen-bond donors (Lipinski definition) is 2. The van der Waals surface area contributed by atoms with E-state index in [1.807, 2.05) is 6.07 Å². The van der Waals surface area contributed by atoms with Gasteiger partial charge in [-0.2, -0.15) is 9.19 Å². The van der Waals surface area contributed by atoms with Crippen molar-refractivity contribution >= 4 is 27.3 Å². The second-order valence-corrected chi connectivity index (χ2v) is 11.5. The lowest BCUT2D eigenvalue weighted by atomic mass is 10.2. The summed E-state index contributed by atoms with van der Waals surface area (Å²) in [4.78, 5) is 15.7. The standard InChI is InChI=1S/C25H30N8O2S/c1-18(2)29-22-14-24(27-15-19(22)6-5-13-32-11-3-4-12-32)30-23-9-10-26-25(31-23)20-16-28-33(17-20)36(34,35)21-7-8-21/h9-10,14-18,21H,3-4,7-8,11-13H2,1-2H3,(H2,26,27,29,30,31). The van der Waals surface area contributed by atoms with Crippen LogP contribution in [0.2, 0.25) is 0 Å². The second kappa shape index (κ2) is 10.2. The van der Waals surface area contributed by atoms with Crippen LogP contribution in [0.4, 0.5) is 17.3 Å². The summed E-state index contributed by atoms with van der Waals surface area (Å²) in [5.41, 5.74) is 2.28. The molecule has 0 unspecified atom stereocenters. The molecule has 1 aliphatic carbocycles. The Morgan fingerprint density at radius 1 is 1.14 bits per heavy atom. The lowest BCUT2D eigenvalue weighted by Crippen LogP contribution is -2.19. The van der Waals surface area contributed by atoms with Gasteiger partial charge in [-0.05, 0) is 58.7 Å². The van der Waals surface area contributed by atoms with Gasteiger partial charge in [0.1, 0.15) is 11.6 Å². The highest BCUT2D eigenvalue weighted by Crippen LogP contribution is 2.30. The normalized spacial score (nSPS) is 16.1. The zero-order valence-electron chi connectivity index (χ0n) is 20.5. The van der Waals surface area contributed by atoms with Crippen LogP contribution in [0, 0.1) is 11.8 Å². The van der Waals surface area contributed by atoms with Crippen LogP contribution in [0.1, 0.15) is 45.1 Å². The van der Waals surface area contributed by atoms with Crippen LogP contribution in [-0.4, -0.2) is 68.4 Å². The molecule has 1 saturated heterocycles. The van der Waals surface area contributed by atoms with Gasteiger partial charge in [-0.15, -0.1) is 0 Å². The van der Waals surface area contributed by atoms with Gasteiger partial charge < -0.3 is 10.6 Å². The molecule has 5 rings (SSSR count). The van der Waals surface area contributed by atoms with Crippen molar-refractivity contribution in [2.45, 2.75) is 50.8 Å². The van der Waals surface area contributed by atoms with Gasteiger partial charge in [0.2, 0.25) is 0 Å². The molecule has 10 nitrogen and oxygen atoms in total. The first-order valence-corrected chi connectivity index (χ1v) is 13.8. The Bertz CT molecular complexity index is 1400. The molecule has 0 atom stereocenters. The maximum atomic E-state index is 12.4. The molecule has 4 heterocycles. The number of nitrogens with one attached hydrogen (secondary N) is 2. The number of hydrogen-bond acceptors (Lipinski definition) is 9. The number of pyridine rings is 1. The molecule has 11 heteroatoms. The highest BCUT2D eigenvalue weighted by molar-refractivity contribution is 7.90. The molecular formula is C25H30N8O2S. The molecule has 0 bridgehead atoms. The molecule has 0 radical (unpaired) electrons. The fraction of sp³-hybridized carbons (Fsp3) is 0.440. The maximum Gasteiger partial charge on any atom is 0.256 e. The number of rotatable bonds is 8. The SMILES string of the molecule is CC(C)Nc1cc(Nc2ccnc(-c3cnn(S(=O)(=O)C4CC4)c3)n2)ncc1C#CCN1CCCC1. The summed E-state index contributed by atoms with van der Waals surface area (Å²) < 4.78 is 25.9. The molecular weight excluding hydrogens is 476 g/mol. The summed E-state index contributed by atoms with van der Waals surface area (Å²) in [6.07, 6.45) is 10.2. The first kappa shape index (κ1) is 24.2. The number of anilines is 3. The molecule has 1 aliphatic heterocycles. The zero-order valence-corrected chi connectivity index (χ0v) is 21.3. The van der Waals surface area contributed by atoms with E-state index < -0.39 is 10.0 Å². The summed E-state index contributed by atoms with van der Waals surface area (Å²) >= 11 is 0. The smallest absolute Gasteiger partial charge is 0.256 e. The zero-order chi connectivity index (χ0) is 25.1. The van der Waals surface area contributed by atoms with E-state index in [-0.39, 0.29) is 11.3 Å². The molecule has 2 N–H and O–H groups in total. The van der Waals surface area contributed by atoms with Crippen molar-refractivity contribution in [2.75, 3.05) is 30.3 Å². The summed E-state index contributed by atoms with van der Waals surface area (Å²) in [6, 6.07) is 3.88. The van der Waals surface area contributed by atoms with Crippen molar-refractivity contribution in [3.8, 4) is 23.2 Å². The van der Waals surface area contributed by atoms with Gasteiger partial charge in [0.05, 0.1) is 41.0 Å². The van der Waals surface area contributed by atoms with E-state index in [2.05, 4.69) is 61.3 Å². The van der Waals surface area contributed by atoms with Gasteiger partial charge in [0.15, 0.2) is 5.82 Å². The highest BCUT2D eigenvalue weighted by Gasteiger charge is 2.37. The first-order valence-electron chi connectivity index (χ1n) is 12.3. The van der Waals surface area contributed by atoms with Gasteiger partial charge in [0, 0.05) is 24.5 Å². The monoisotopic (exact) mass is 506 g/mol. The molecule has 2 fully saturated rings.